The van der Waals surface area contributed by atoms with Gasteiger partial charge in [-0.15, -0.1) is 0 Å². The summed E-state index contributed by atoms with van der Waals surface area (Å²) in [6.45, 7) is 0. The second kappa shape index (κ2) is 6.36. The highest BCUT2D eigenvalue weighted by atomic mass is 15.1. The van der Waals surface area contributed by atoms with Crippen LogP contribution in [-0.2, 0) is 0 Å². The lowest BCUT2D eigenvalue weighted by Crippen LogP contribution is -2.18. The third kappa shape index (κ3) is 2.31. The number of benzene rings is 3. The number of H-pyrrole nitrogens is 2. The summed E-state index contributed by atoms with van der Waals surface area (Å²) < 4.78 is 0. The molecular formula is C25H17N5. The molecule has 5 aromatic rings. The van der Waals surface area contributed by atoms with Crippen molar-refractivity contribution in [2.75, 3.05) is 5.32 Å². The van der Waals surface area contributed by atoms with Crippen LogP contribution in [0.5, 0.6) is 0 Å². The highest BCUT2D eigenvalue weighted by Crippen LogP contribution is 2.47. The third-order valence-electron chi connectivity index (χ3n) is 5.88. The molecule has 0 aliphatic carbocycles. The fraction of sp³-hybridized carbons (Fsp3) is 0.0400. The van der Waals surface area contributed by atoms with Gasteiger partial charge in [-0.2, -0.15) is 10.4 Å². The number of hydrogen-bond donors (Lipinski definition) is 3. The minimum absolute atomic E-state index is 0.194. The molecule has 6 rings (SSSR count). The van der Waals surface area contributed by atoms with E-state index in [2.05, 4.69) is 56.9 Å². The summed E-state index contributed by atoms with van der Waals surface area (Å²) >= 11 is 0. The van der Waals surface area contributed by atoms with Gasteiger partial charge in [-0.05, 0) is 23.8 Å². The number of allylic oxidation sites excluding steroid dienone is 1. The van der Waals surface area contributed by atoms with Crippen molar-refractivity contribution in [3.8, 4) is 6.07 Å². The molecule has 0 saturated heterocycles. The minimum Gasteiger partial charge on any atom is -0.360 e. The minimum atomic E-state index is -0.194. The molecule has 5 nitrogen and oxygen atoms in total. The summed E-state index contributed by atoms with van der Waals surface area (Å²) in [7, 11) is 0. The topological polar surface area (TPSA) is 80.3 Å². The van der Waals surface area contributed by atoms with E-state index in [4.69, 9.17) is 0 Å². The van der Waals surface area contributed by atoms with Crippen LogP contribution in [0.2, 0.25) is 0 Å². The third-order valence-corrected chi connectivity index (χ3v) is 5.88. The molecule has 0 radical (unpaired) electrons. The van der Waals surface area contributed by atoms with E-state index in [9.17, 15) is 5.26 Å². The van der Waals surface area contributed by atoms with Gasteiger partial charge in [0.2, 0.25) is 0 Å². The van der Waals surface area contributed by atoms with E-state index in [0.29, 0.717) is 5.57 Å². The predicted octanol–water partition coefficient (Wildman–Crippen LogP) is 5.54. The first kappa shape index (κ1) is 16.6. The van der Waals surface area contributed by atoms with E-state index in [-0.39, 0.29) is 5.92 Å². The largest absolute Gasteiger partial charge is 0.360 e. The zero-order valence-electron chi connectivity index (χ0n) is 16.0. The van der Waals surface area contributed by atoms with E-state index in [1.165, 1.54) is 0 Å². The molecule has 0 fully saturated rings. The van der Waals surface area contributed by atoms with Gasteiger partial charge in [0.1, 0.15) is 0 Å². The molecule has 0 bridgehead atoms. The lowest BCUT2D eigenvalue weighted by molar-refractivity contribution is 0.971. The van der Waals surface area contributed by atoms with E-state index >= 15 is 0 Å². The summed E-state index contributed by atoms with van der Waals surface area (Å²) in [4.78, 5) is 3.33. The average molecular weight is 387 g/mol. The number of nitrogens with zero attached hydrogens (tertiary/aromatic N) is 2. The van der Waals surface area contributed by atoms with Crippen LogP contribution in [0.25, 0.3) is 27.5 Å². The maximum Gasteiger partial charge on any atom is 0.0979 e. The second-order valence-electron chi connectivity index (χ2n) is 7.48. The van der Waals surface area contributed by atoms with Gasteiger partial charge in [0.15, 0.2) is 0 Å². The monoisotopic (exact) mass is 387 g/mol. The number of nitriles is 1. The molecule has 2 aromatic heterocycles. The van der Waals surface area contributed by atoms with Crippen LogP contribution < -0.4 is 5.32 Å². The van der Waals surface area contributed by atoms with Crippen molar-refractivity contribution in [2.45, 2.75) is 5.92 Å². The van der Waals surface area contributed by atoms with Crippen LogP contribution in [0.15, 0.2) is 84.7 Å². The Bertz CT molecular complexity index is 1480. The number of anilines is 1. The van der Waals surface area contributed by atoms with E-state index < -0.39 is 0 Å². The van der Waals surface area contributed by atoms with Crippen molar-refractivity contribution in [2.24, 2.45) is 0 Å². The van der Waals surface area contributed by atoms with Crippen LogP contribution in [-0.4, -0.2) is 15.2 Å². The zero-order valence-corrected chi connectivity index (χ0v) is 16.0. The van der Waals surface area contributed by atoms with Crippen molar-refractivity contribution in [3.63, 3.8) is 0 Å². The molecule has 142 valence electrons. The molecule has 3 heterocycles. The Kier molecular flexibility index (Phi) is 3.53. The van der Waals surface area contributed by atoms with Gasteiger partial charge in [-0.1, -0.05) is 48.5 Å². The molecule has 1 unspecified atom stereocenters. The Hall–Kier alpha value is -4.30. The smallest absolute Gasteiger partial charge is 0.0979 e. The maximum atomic E-state index is 10.3. The van der Waals surface area contributed by atoms with Gasteiger partial charge < -0.3 is 10.3 Å². The average Bonchev–Trinajstić information content (AvgIpc) is 3.45. The number of aromatic amines is 2. The molecule has 30 heavy (non-hydrogen) atoms. The molecule has 1 aliphatic heterocycles. The first-order chi connectivity index (χ1) is 14.8. The summed E-state index contributed by atoms with van der Waals surface area (Å²) in [5, 5.41) is 23.4. The first-order valence-electron chi connectivity index (χ1n) is 9.84. The lowest BCUT2D eigenvalue weighted by Gasteiger charge is -2.29. The van der Waals surface area contributed by atoms with Gasteiger partial charge in [-0.3, -0.25) is 5.10 Å². The fourth-order valence-electron chi connectivity index (χ4n) is 4.52. The Morgan fingerprint density at radius 2 is 1.77 bits per heavy atom. The Balaban J connectivity index is 1.69. The summed E-state index contributed by atoms with van der Waals surface area (Å²) in [5.41, 5.74) is 7.66. The van der Waals surface area contributed by atoms with Crippen molar-refractivity contribution in [3.05, 3.63) is 101 Å². The SMILES string of the molecule is N#CC1=C(c2c[nH]c3ccccc23)Nc2ccc3cn[nH]c3c2C1c1ccccc1. The Morgan fingerprint density at radius 1 is 0.933 bits per heavy atom. The number of nitrogens with one attached hydrogen (secondary N) is 3. The van der Waals surface area contributed by atoms with E-state index in [1.807, 2.05) is 48.8 Å². The highest BCUT2D eigenvalue weighted by molar-refractivity contribution is 6.01. The fourth-order valence-corrected chi connectivity index (χ4v) is 4.52. The van der Waals surface area contributed by atoms with Crippen molar-refractivity contribution >= 4 is 33.2 Å². The molecule has 0 saturated carbocycles. The van der Waals surface area contributed by atoms with Gasteiger partial charge in [0.25, 0.3) is 0 Å². The van der Waals surface area contributed by atoms with Gasteiger partial charge in [0.05, 0.1) is 35.0 Å². The number of hydrogen-bond acceptors (Lipinski definition) is 3. The zero-order chi connectivity index (χ0) is 20.1. The number of rotatable bonds is 2. The van der Waals surface area contributed by atoms with Crippen molar-refractivity contribution in [1.29, 1.82) is 5.26 Å². The number of aromatic nitrogens is 3. The molecule has 0 spiro atoms. The highest BCUT2D eigenvalue weighted by Gasteiger charge is 2.33. The van der Waals surface area contributed by atoms with Crippen molar-refractivity contribution in [1.82, 2.24) is 15.2 Å². The van der Waals surface area contributed by atoms with Crippen LogP contribution >= 0.6 is 0 Å². The maximum absolute atomic E-state index is 10.3. The standard InChI is InChI=1S/C25H17N5/c26-12-18-22(15-6-2-1-3-7-15)23-21(11-10-16-13-28-30-24(16)23)29-25(18)19-14-27-20-9-5-4-8-17(19)20/h1-11,13-14,22,27,29H,(H,28,30). The van der Waals surface area contributed by atoms with E-state index in [0.717, 1.165) is 49.9 Å². The normalized spacial score (nSPS) is 15.8. The molecular weight excluding hydrogens is 370 g/mol. The number of fused-ring (bicyclic) bond motifs is 4. The molecule has 3 aromatic carbocycles. The van der Waals surface area contributed by atoms with Gasteiger partial charge in [0, 0.05) is 39.3 Å². The quantitative estimate of drug-likeness (QED) is 0.372. The molecule has 0 amide bonds. The summed E-state index contributed by atoms with van der Waals surface area (Å²) in [6.07, 6.45) is 3.80. The summed E-state index contributed by atoms with van der Waals surface area (Å²) in [5.74, 6) is -0.194. The first-order valence-corrected chi connectivity index (χ1v) is 9.84. The molecule has 3 N–H and O–H groups in total. The molecule has 1 aliphatic rings. The van der Waals surface area contributed by atoms with Crippen LogP contribution in [0.3, 0.4) is 0 Å². The molecule has 1 atom stereocenters. The Morgan fingerprint density at radius 3 is 2.63 bits per heavy atom. The summed E-state index contributed by atoms with van der Waals surface area (Å²) in [6, 6.07) is 25.0. The van der Waals surface area contributed by atoms with Gasteiger partial charge in [-0.25, -0.2) is 0 Å². The van der Waals surface area contributed by atoms with Crippen LogP contribution in [0.4, 0.5) is 5.69 Å². The van der Waals surface area contributed by atoms with Crippen LogP contribution in [0.1, 0.15) is 22.6 Å². The second-order valence-corrected chi connectivity index (χ2v) is 7.48. The lowest BCUT2D eigenvalue weighted by atomic mass is 9.79. The van der Waals surface area contributed by atoms with Gasteiger partial charge >= 0.3 is 0 Å². The molecule has 5 heteroatoms. The van der Waals surface area contributed by atoms with E-state index in [1.54, 1.807) is 0 Å². The predicted molar refractivity (Wildman–Crippen MR) is 119 cm³/mol. The van der Waals surface area contributed by atoms with Crippen LogP contribution in [0, 0.1) is 11.3 Å². The van der Waals surface area contributed by atoms with Crippen molar-refractivity contribution < 1.29 is 0 Å². The Labute approximate surface area is 172 Å². The number of para-hydroxylation sites is 1.